The van der Waals surface area contributed by atoms with Crippen molar-refractivity contribution < 1.29 is 22.4 Å². The smallest absolute Gasteiger partial charge is 0.324 e. The molecular weight excluding hydrogens is 252 g/mol. The van der Waals surface area contributed by atoms with Gasteiger partial charge in [-0.3, -0.25) is 4.79 Å². The molecule has 18 heavy (non-hydrogen) atoms. The SMILES string of the molecule is Cc1ccc(C(=O)NCC(F)(F)C(F)F)c(N)c1. The van der Waals surface area contributed by atoms with Crippen molar-refractivity contribution in [3.8, 4) is 0 Å². The van der Waals surface area contributed by atoms with Gasteiger partial charge in [-0.05, 0) is 24.6 Å². The molecule has 0 fully saturated rings. The fourth-order valence-electron chi connectivity index (χ4n) is 1.26. The van der Waals surface area contributed by atoms with Crippen LogP contribution >= 0.6 is 0 Å². The van der Waals surface area contributed by atoms with E-state index in [-0.39, 0.29) is 11.3 Å². The van der Waals surface area contributed by atoms with Gasteiger partial charge in [-0.15, -0.1) is 0 Å². The molecule has 7 heteroatoms. The van der Waals surface area contributed by atoms with Crippen molar-refractivity contribution in [2.45, 2.75) is 19.3 Å². The maximum Gasteiger partial charge on any atom is 0.324 e. The van der Waals surface area contributed by atoms with Gasteiger partial charge < -0.3 is 11.1 Å². The number of amides is 1. The number of halogens is 4. The van der Waals surface area contributed by atoms with Crippen LogP contribution in [0, 0.1) is 6.92 Å². The van der Waals surface area contributed by atoms with Crippen molar-refractivity contribution in [1.82, 2.24) is 5.32 Å². The standard InChI is InChI=1S/C11H12F4N2O/c1-6-2-3-7(8(16)4-6)9(18)17-5-11(14,15)10(12)13/h2-4,10H,5,16H2,1H3,(H,17,18). The number of carbonyl (C=O) groups is 1. The van der Waals surface area contributed by atoms with E-state index in [0.717, 1.165) is 5.56 Å². The lowest BCUT2D eigenvalue weighted by molar-refractivity contribution is -0.123. The highest BCUT2D eigenvalue weighted by Crippen LogP contribution is 2.22. The van der Waals surface area contributed by atoms with Crippen molar-refractivity contribution in [2.75, 3.05) is 12.3 Å². The van der Waals surface area contributed by atoms with Crippen molar-refractivity contribution in [3.63, 3.8) is 0 Å². The summed E-state index contributed by atoms with van der Waals surface area (Å²) >= 11 is 0. The summed E-state index contributed by atoms with van der Waals surface area (Å²) in [7, 11) is 0. The van der Waals surface area contributed by atoms with Crippen LogP contribution < -0.4 is 11.1 Å². The molecule has 1 amide bonds. The lowest BCUT2D eigenvalue weighted by Gasteiger charge is -2.16. The third-order valence-electron chi connectivity index (χ3n) is 2.26. The van der Waals surface area contributed by atoms with Crippen LogP contribution in [0.25, 0.3) is 0 Å². The van der Waals surface area contributed by atoms with Crippen LogP contribution in [0.1, 0.15) is 15.9 Å². The van der Waals surface area contributed by atoms with Crippen LogP contribution in [-0.4, -0.2) is 24.8 Å². The van der Waals surface area contributed by atoms with Crippen molar-refractivity contribution in [2.24, 2.45) is 0 Å². The van der Waals surface area contributed by atoms with Gasteiger partial charge in [0.15, 0.2) is 0 Å². The normalized spacial score (nSPS) is 11.7. The zero-order valence-corrected chi connectivity index (χ0v) is 9.51. The van der Waals surface area contributed by atoms with E-state index in [2.05, 4.69) is 0 Å². The Kier molecular flexibility index (Phi) is 4.15. The summed E-state index contributed by atoms with van der Waals surface area (Å²) in [6.07, 6.45) is -3.83. The van der Waals surface area contributed by atoms with Crippen LogP contribution in [-0.2, 0) is 0 Å². The number of nitrogen functional groups attached to an aromatic ring is 1. The van der Waals surface area contributed by atoms with Crippen LogP contribution in [0.15, 0.2) is 18.2 Å². The highest BCUT2D eigenvalue weighted by atomic mass is 19.3. The second-order valence-corrected chi connectivity index (χ2v) is 3.84. The highest BCUT2D eigenvalue weighted by Gasteiger charge is 2.40. The molecule has 3 nitrogen and oxygen atoms in total. The lowest BCUT2D eigenvalue weighted by Crippen LogP contribution is -2.41. The average Bonchev–Trinajstić information content (AvgIpc) is 2.25. The second kappa shape index (κ2) is 5.24. The van der Waals surface area contributed by atoms with Gasteiger partial charge in [-0.1, -0.05) is 6.07 Å². The molecule has 0 aromatic heterocycles. The molecule has 0 bridgehead atoms. The fraction of sp³-hybridized carbons (Fsp3) is 0.364. The van der Waals surface area contributed by atoms with E-state index in [1.165, 1.54) is 12.1 Å². The van der Waals surface area contributed by atoms with E-state index >= 15 is 0 Å². The first-order valence-electron chi connectivity index (χ1n) is 5.04. The molecule has 1 rings (SSSR count). The predicted molar refractivity (Wildman–Crippen MR) is 58.9 cm³/mol. The molecular formula is C11H12F4N2O. The maximum atomic E-state index is 12.6. The molecule has 0 aliphatic rings. The van der Waals surface area contributed by atoms with E-state index in [0.29, 0.717) is 0 Å². The van der Waals surface area contributed by atoms with Gasteiger partial charge in [-0.25, -0.2) is 8.78 Å². The van der Waals surface area contributed by atoms with Gasteiger partial charge in [0.05, 0.1) is 12.1 Å². The molecule has 0 unspecified atom stereocenters. The fourth-order valence-corrected chi connectivity index (χ4v) is 1.26. The molecule has 0 spiro atoms. The molecule has 0 aliphatic heterocycles. The summed E-state index contributed by atoms with van der Waals surface area (Å²) in [4.78, 5) is 11.5. The minimum atomic E-state index is -4.25. The largest absolute Gasteiger partial charge is 0.398 e. The van der Waals surface area contributed by atoms with Crippen LogP contribution in [0.4, 0.5) is 23.2 Å². The van der Waals surface area contributed by atoms with E-state index in [1.807, 2.05) is 0 Å². The molecule has 0 radical (unpaired) electrons. The van der Waals surface area contributed by atoms with Gasteiger partial charge >= 0.3 is 12.3 Å². The van der Waals surface area contributed by atoms with Crippen molar-refractivity contribution in [1.29, 1.82) is 0 Å². The Morgan fingerprint density at radius 1 is 1.44 bits per heavy atom. The first kappa shape index (κ1) is 14.3. The maximum absolute atomic E-state index is 12.6. The number of benzene rings is 1. The molecule has 1 aromatic carbocycles. The third-order valence-corrected chi connectivity index (χ3v) is 2.26. The van der Waals surface area contributed by atoms with Crippen molar-refractivity contribution >= 4 is 11.6 Å². The Morgan fingerprint density at radius 3 is 2.56 bits per heavy atom. The topological polar surface area (TPSA) is 55.1 Å². The number of hydrogen-bond donors (Lipinski definition) is 2. The number of rotatable bonds is 4. The molecule has 100 valence electrons. The third kappa shape index (κ3) is 3.35. The van der Waals surface area contributed by atoms with E-state index in [4.69, 9.17) is 5.73 Å². The van der Waals surface area contributed by atoms with Gasteiger partial charge in [0.25, 0.3) is 5.91 Å². The highest BCUT2D eigenvalue weighted by molar-refractivity contribution is 5.99. The molecule has 0 saturated carbocycles. The molecule has 0 saturated heterocycles. The van der Waals surface area contributed by atoms with E-state index < -0.39 is 24.8 Å². The van der Waals surface area contributed by atoms with Crippen LogP contribution in [0.2, 0.25) is 0 Å². The summed E-state index contributed by atoms with van der Waals surface area (Å²) in [6, 6.07) is 4.40. The summed E-state index contributed by atoms with van der Waals surface area (Å²) in [5, 5.41) is 1.73. The number of nitrogens with two attached hydrogens (primary N) is 1. The van der Waals surface area contributed by atoms with Crippen LogP contribution in [0.5, 0.6) is 0 Å². The zero-order chi connectivity index (χ0) is 13.9. The average molecular weight is 264 g/mol. The lowest BCUT2D eigenvalue weighted by atomic mass is 10.1. The number of carbonyl (C=O) groups excluding carboxylic acids is 1. The van der Waals surface area contributed by atoms with Gasteiger partial charge in [0.2, 0.25) is 0 Å². The molecule has 1 aromatic rings. The zero-order valence-electron chi connectivity index (χ0n) is 9.51. The number of aryl methyl sites for hydroxylation is 1. The Morgan fingerprint density at radius 2 is 2.06 bits per heavy atom. The summed E-state index contributed by atoms with van der Waals surface area (Å²) in [5.41, 5.74) is 6.40. The second-order valence-electron chi connectivity index (χ2n) is 3.84. The Balaban J connectivity index is 2.72. The Labute approximate surface area is 101 Å². The van der Waals surface area contributed by atoms with Crippen LogP contribution in [0.3, 0.4) is 0 Å². The van der Waals surface area contributed by atoms with Gasteiger partial charge in [0, 0.05) is 5.69 Å². The molecule has 0 atom stereocenters. The Bertz CT molecular complexity index is 449. The quantitative estimate of drug-likeness (QED) is 0.647. The summed E-state index contributed by atoms with van der Waals surface area (Å²) in [6.45, 7) is 0.305. The summed E-state index contributed by atoms with van der Waals surface area (Å²) in [5.74, 6) is -5.16. The first-order valence-corrected chi connectivity index (χ1v) is 5.04. The number of nitrogens with one attached hydrogen (secondary N) is 1. The van der Waals surface area contributed by atoms with E-state index in [1.54, 1.807) is 18.3 Å². The molecule has 3 N–H and O–H groups in total. The number of hydrogen-bond acceptors (Lipinski definition) is 2. The number of anilines is 1. The van der Waals surface area contributed by atoms with E-state index in [9.17, 15) is 22.4 Å². The minimum absolute atomic E-state index is 0.0225. The van der Waals surface area contributed by atoms with Crippen molar-refractivity contribution in [3.05, 3.63) is 29.3 Å². The molecule has 0 aliphatic carbocycles. The molecule has 0 heterocycles. The monoisotopic (exact) mass is 264 g/mol. The minimum Gasteiger partial charge on any atom is -0.398 e. The number of alkyl halides is 4. The Hall–Kier alpha value is -1.79. The summed E-state index contributed by atoms with van der Waals surface area (Å²) < 4.78 is 48.9. The van der Waals surface area contributed by atoms with Gasteiger partial charge in [-0.2, -0.15) is 8.78 Å². The first-order chi connectivity index (χ1) is 8.24. The van der Waals surface area contributed by atoms with Gasteiger partial charge in [0.1, 0.15) is 0 Å². The predicted octanol–water partition coefficient (Wildman–Crippen LogP) is 2.21.